The van der Waals surface area contributed by atoms with Crippen molar-refractivity contribution in [2.24, 2.45) is 0 Å². The third kappa shape index (κ3) is 3.83. The maximum absolute atomic E-state index is 11.1. The molecule has 0 radical (unpaired) electrons. The summed E-state index contributed by atoms with van der Waals surface area (Å²) < 4.78 is 5.85. The van der Waals surface area contributed by atoms with Gasteiger partial charge >= 0.3 is 5.95 Å². The van der Waals surface area contributed by atoms with Crippen LogP contribution in [0, 0.1) is 0 Å². The number of piperidine rings is 1. The Bertz CT molecular complexity index is 676. The van der Waals surface area contributed by atoms with Crippen LogP contribution in [0.5, 0.6) is 0 Å². The van der Waals surface area contributed by atoms with Crippen molar-refractivity contribution in [1.82, 2.24) is 4.98 Å². The monoisotopic (exact) mass is 385 g/mol. The first kappa shape index (κ1) is 19.4. The van der Waals surface area contributed by atoms with Crippen molar-refractivity contribution in [2.75, 3.05) is 29.5 Å². The Labute approximate surface area is 154 Å². The van der Waals surface area contributed by atoms with Crippen molar-refractivity contribution in [3.05, 3.63) is 6.07 Å². The SMILES string of the molecule is Nc1cc(N2CCCCC2)nc(N)[n+]1OC1OC(C(=O)[O-])C(O)C(O)C1O. The molecular weight excluding hydrogens is 362 g/mol. The Kier molecular flexibility index (Phi) is 5.51. The summed E-state index contributed by atoms with van der Waals surface area (Å²) in [5.41, 5.74) is 11.9. The Balaban J connectivity index is 1.81. The number of aliphatic hydroxyl groups excluding tert-OH is 3. The van der Waals surface area contributed by atoms with E-state index in [1.54, 1.807) is 0 Å². The number of aliphatic hydroxyl groups is 3. The van der Waals surface area contributed by atoms with E-state index in [2.05, 4.69) is 4.98 Å². The molecule has 0 amide bonds. The number of carboxylic acids is 1. The minimum absolute atomic E-state index is 0.0319. The van der Waals surface area contributed by atoms with Gasteiger partial charge in [-0.05, 0) is 24.0 Å². The molecular formula is C15H23N5O7. The van der Waals surface area contributed by atoms with Crippen molar-refractivity contribution in [1.29, 1.82) is 0 Å². The Hall–Kier alpha value is -2.41. The molecule has 0 bridgehead atoms. The fourth-order valence-electron chi connectivity index (χ4n) is 3.15. The molecule has 1 aromatic heterocycles. The van der Waals surface area contributed by atoms with Crippen molar-refractivity contribution >= 4 is 23.6 Å². The maximum atomic E-state index is 11.1. The molecule has 3 rings (SSSR count). The lowest BCUT2D eigenvalue weighted by molar-refractivity contribution is -0.889. The van der Waals surface area contributed by atoms with E-state index in [0.29, 0.717) is 5.82 Å². The second-order valence-electron chi connectivity index (χ2n) is 6.56. The van der Waals surface area contributed by atoms with Crippen molar-refractivity contribution in [2.45, 2.75) is 50.0 Å². The molecule has 150 valence electrons. The number of hydrogen-bond acceptors (Lipinski definition) is 11. The lowest BCUT2D eigenvalue weighted by Crippen LogP contribution is -2.67. The maximum Gasteiger partial charge on any atom is 0.383 e. The molecule has 0 saturated carbocycles. The zero-order chi connectivity index (χ0) is 19.7. The quantitative estimate of drug-likeness (QED) is 0.314. The van der Waals surface area contributed by atoms with Gasteiger partial charge in [0.15, 0.2) is 5.82 Å². The summed E-state index contributed by atoms with van der Waals surface area (Å²) in [5, 5.41) is 40.6. The minimum atomic E-state index is -1.91. The van der Waals surface area contributed by atoms with Crippen LogP contribution in [0.25, 0.3) is 0 Å². The van der Waals surface area contributed by atoms with Crippen LogP contribution >= 0.6 is 0 Å². The van der Waals surface area contributed by atoms with Crippen LogP contribution in [0.4, 0.5) is 17.6 Å². The standard InChI is InChI=1S/C15H23N5O7/c16-7-6-8(19-4-2-1-3-5-19)18-15(17)20(7)27-14-11(23)9(21)10(22)12(26-14)13(24)25/h6,9-12,14,21-23H,1-5H2,(H4,16,17,18,24,25). The van der Waals surface area contributed by atoms with Crippen molar-refractivity contribution in [3.8, 4) is 0 Å². The predicted octanol–water partition coefficient (Wildman–Crippen LogP) is -4.49. The van der Waals surface area contributed by atoms with E-state index in [1.807, 2.05) is 4.90 Å². The molecule has 2 saturated heterocycles. The summed E-state index contributed by atoms with van der Waals surface area (Å²) in [7, 11) is 0. The van der Waals surface area contributed by atoms with Gasteiger partial charge in [-0.2, -0.15) is 0 Å². The van der Waals surface area contributed by atoms with Gasteiger partial charge in [0.1, 0.15) is 24.4 Å². The Morgan fingerprint density at radius 3 is 2.48 bits per heavy atom. The van der Waals surface area contributed by atoms with E-state index in [9.17, 15) is 25.2 Å². The Morgan fingerprint density at radius 1 is 1.22 bits per heavy atom. The molecule has 0 aliphatic carbocycles. The van der Waals surface area contributed by atoms with Crippen LogP contribution in [-0.4, -0.2) is 70.1 Å². The first-order chi connectivity index (χ1) is 12.8. The van der Waals surface area contributed by atoms with E-state index in [1.165, 1.54) is 6.07 Å². The van der Waals surface area contributed by atoms with Gasteiger partial charge < -0.3 is 51.2 Å². The van der Waals surface area contributed by atoms with Crippen LogP contribution in [-0.2, 0) is 9.53 Å². The number of carbonyl (C=O) groups is 1. The molecule has 5 unspecified atom stereocenters. The molecule has 2 aliphatic rings. The fraction of sp³-hybridized carbons (Fsp3) is 0.667. The molecule has 3 heterocycles. The zero-order valence-electron chi connectivity index (χ0n) is 14.5. The number of aromatic nitrogens is 2. The molecule has 2 fully saturated rings. The molecule has 7 N–H and O–H groups in total. The van der Waals surface area contributed by atoms with E-state index in [0.717, 1.165) is 37.1 Å². The van der Waals surface area contributed by atoms with E-state index in [4.69, 9.17) is 21.0 Å². The summed E-state index contributed by atoms with van der Waals surface area (Å²) in [6.45, 7) is 1.64. The van der Waals surface area contributed by atoms with Gasteiger partial charge in [-0.25, -0.2) is 0 Å². The minimum Gasteiger partial charge on any atom is -0.547 e. The first-order valence-corrected chi connectivity index (χ1v) is 8.60. The fourth-order valence-corrected chi connectivity index (χ4v) is 3.15. The Morgan fingerprint density at radius 2 is 1.89 bits per heavy atom. The number of anilines is 3. The van der Waals surface area contributed by atoms with E-state index < -0.39 is 36.7 Å². The molecule has 12 heteroatoms. The largest absolute Gasteiger partial charge is 0.547 e. The second kappa shape index (κ2) is 7.68. The molecule has 5 atom stereocenters. The average Bonchev–Trinajstić information content (AvgIpc) is 2.64. The first-order valence-electron chi connectivity index (χ1n) is 8.60. The van der Waals surface area contributed by atoms with Gasteiger partial charge in [0.25, 0.3) is 6.29 Å². The number of hydrogen-bond donors (Lipinski definition) is 5. The van der Waals surface area contributed by atoms with Crippen LogP contribution < -0.4 is 31.0 Å². The van der Waals surface area contributed by atoms with E-state index in [-0.39, 0.29) is 11.8 Å². The number of rotatable bonds is 4. The summed E-state index contributed by atoms with van der Waals surface area (Å²) in [5.74, 6) is -1.33. The lowest BCUT2D eigenvalue weighted by atomic mass is 9.99. The second-order valence-corrected chi connectivity index (χ2v) is 6.56. The highest BCUT2D eigenvalue weighted by Gasteiger charge is 2.46. The van der Waals surface area contributed by atoms with Gasteiger partial charge in [0.05, 0.1) is 12.0 Å². The number of nitrogens with two attached hydrogens (primary N) is 2. The summed E-state index contributed by atoms with van der Waals surface area (Å²) >= 11 is 0. The summed E-state index contributed by atoms with van der Waals surface area (Å²) in [4.78, 5) is 22.6. The molecule has 1 aromatic rings. The highest BCUT2D eigenvalue weighted by molar-refractivity contribution is 5.71. The van der Waals surface area contributed by atoms with Gasteiger partial charge in [0.2, 0.25) is 5.82 Å². The number of ether oxygens (including phenoxy) is 1. The molecule has 27 heavy (non-hydrogen) atoms. The predicted molar refractivity (Wildman–Crippen MR) is 87.6 cm³/mol. The number of carbonyl (C=O) groups excluding carboxylic acids is 1. The molecule has 0 spiro atoms. The molecule has 0 aromatic carbocycles. The highest BCUT2D eigenvalue weighted by Crippen LogP contribution is 2.22. The topological polar surface area (TPSA) is 191 Å². The lowest BCUT2D eigenvalue weighted by Gasteiger charge is -2.39. The van der Waals surface area contributed by atoms with Gasteiger partial charge in [-0.15, -0.1) is 0 Å². The molecule has 2 aliphatic heterocycles. The van der Waals surface area contributed by atoms with Crippen LogP contribution in [0.15, 0.2) is 6.07 Å². The van der Waals surface area contributed by atoms with Crippen LogP contribution in [0.2, 0.25) is 0 Å². The third-order valence-electron chi connectivity index (χ3n) is 4.64. The van der Waals surface area contributed by atoms with Gasteiger partial charge in [0, 0.05) is 13.1 Å². The highest BCUT2D eigenvalue weighted by atomic mass is 16.8. The van der Waals surface area contributed by atoms with E-state index >= 15 is 0 Å². The molecule has 12 nitrogen and oxygen atoms in total. The van der Waals surface area contributed by atoms with Crippen LogP contribution in [0.1, 0.15) is 19.3 Å². The van der Waals surface area contributed by atoms with Gasteiger partial charge in [-0.1, -0.05) is 4.98 Å². The van der Waals surface area contributed by atoms with Crippen molar-refractivity contribution < 1.29 is 39.5 Å². The van der Waals surface area contributed by atoms with Gasteiger partial charge in [-0.3, -0.25) is 0 Å². The smallest absolute Gasteiger partial charge is 0.383 e. The summed E-state index contributed by atoms with van der Waals surface area (Å²) in [6, 6.07) is 1.53. The van der Waals surface area contributed by atoms with Crippen LogP contribution in [0.3, 0.4) is 0 Å². The average molecular weight is 385 g/mol. The normalized spacial score (nSPS) is 31.5. The number of aliphatic carboxylic acids is 1. The number of carboxylic acid groups (broad SMARTS) is 1. The number of nitrogen functional groups attached to an aromatic ring is 2. The van der Waals surface area contributed by atoms with Crippen molar-refractivity contribution in [3.63, 3.8) is 0 Å². The summed E-state index contributed by atoms with van der Waals surface area (Å²) in [6.07, 6.45) is -5.87. The number of nitrogens with zero attached hydrogens (tertiary/aromatic N) is 3. The third-order valence-corrected chi connectivity index (χ3v) is 4.64. The zero-order valence-corrected chi connectivity index (χ0v) is 14.5.